The fraction of sp³-hybridized carbons (Fsp3) is 0.571. The molecule has 5 heteroatoms. The SMILES string of the molecule is CCOC(=O)C=C1CCC(C=O)=C1N1CCOCC1. The van der Waals surface area contributed by atoms with E-state index in [0.717, 1.165) is 42.6 Å². The third-order valence-corrected chi connectivity index (χ3v) is 3.32. The number of aldehydes is 1. The highest BCUT2D eigenvalue weighted by molar-refractivity contribution is 5.86. The van der Waals surface area contributed by atoms with E-state index in [4.69, 9.17) is 9.47 Å². The molecular formula is C14H19NO4. The summed E-state index contributed by atoms with van der Waals surface area (Å²) in [6, 6.07) is 0. The van der Waals surface area contributed by atoms with Gasteiger partial charge in [-0.1, -0.05) is 0 Å². The van der Waals surface area contributed by atoms with E-state index in [1.807, 2.05) is 0 Å². The number of nitrogens with zero attached hydrogens (tertiary/aromatic N) is 1. The lowest BCUT2D eigenvalue weighted by Crippen LogP contribution is -2.36. The Bertz CT molecular complexity index is 419. The third kappa shape index (κ3) is 3.23. The second-order valence-electron chi connectivity index (χ2n) is 4.51. The molecule has 19 heavy (non-hydrogen) atoms. The van der Waals surface area contributed by atoms with Crippen molar-refractivity contribution in [2.24, 2.45) is 0 Å². The Balaban J connectivity index is 2.21. The molecule has 2 aliphatic rings. The molecule has 0 aromatic heterocycles. The van der Waals surface area contributed by atoms with Gasteiger partial charge in [0.25, 0.3) is 0 Å². The van der Waals surface area contributed by atoms with E-state index in [0.29, 0.717) is 26.2 Å². The van der Waals surface area contributed by atoms with E-state index in [1.165, 1.54) is 6.08 Å². The highest BCUT2D eigenvalue weighted by Crippen LogP contribution is 2.33. The molecule has 1 saturated heterocycles. The van der Waals surface area contributed by atoms with Crippen LogP contribution in [0.1, 0.15) is 19.8 Å². The summed E-state index contributed by atoms with van der Waals surface area (Å²) < 4.78 is 10.3. The van der Waals surface area contributed by atoms with Crippen LogP contribution in [0.5, 0.6) is 0 Å². The molecule has 0 saturated carbocycles. The average molecular weight is 265 g/mol. The highest BCUT2D eigenvalue weighted by atomic mass is 16.5. The number of ether oxygens (including phenoxy) is 2. The van der Waals surface area contributed by atoms with Gasteiger partial charge in [0.05, 0.1) is 19.8 Å². The maximum atomic E-state index is 11.6. The zero-order valence-electron chi connectivity index (χ0n) is 11.2. The molecule has 1 aliphatic heterocycles. The summed E-state index contributed by atoms with van der Waals surface area (Å²) in [5, 5.41) is 0. The Kier molecular flexibility index (Phi) is 4.74. The minimum absolute atomic E-state index is 0.338. The lowest BCUT2D eigenvalue weighted by atomic mass is 10.1. The van der Waals surface area contributed by atoms with Crippen molar-refractivity contribution >= 4 is 12.3 Å². The zero-order valence-corrected chi connectivity index (χ0v) is 11.2. The molecule has 1 heterocycles. The van der Waals surface area contributed by atoms with Gasteiger partial charge < -0.3 is 14.4 Å². The Morgan fingerprint density at radius 2 is 2.11 bits per heavy atom. The molecule has 0 unspecified atom stereocenters. The maximum absolute atomic E-state index is 11.6. The third-order valence-electron chi connectivity index (χ3n) is 3.32. The van der Waals surface area contributed by atoms with E-state index in [2.05, 4.69) is 4.90 Å². The van der Waals surface area contributed by atoms with Crippen LogP contribution in [0.15, 0.2) is 22.9 Å². The molecular weight excluding hydrogens is 246 g/mol. The van der Waals surface area contributed by atoms with E-state index in [9.17, 15) is 9.59 Å². The number of hydrogen-bond acceptors (Lipinski definition) is 5. The van der Waals surface area contributed by atoms with Gasteiger partial charge in [0, 0.05) is 30.4 Å². The quantitative estimate of drug-likeness (QED) is 0.432. The molecule has 1 aliphatic carbocycles. The van der Waals surface area contributed by atoms with Gasteiger partial charge in [-0.3, -0.25) is 4.79 Å². The molecule has 0 amide bonds. The van der Waals surface area contributed by atoms with E-state index < -0.39 is 0 Å². The fourth-order valence-electron chi connectivity index (χ4n) is 2.49. The molecule has 0 N–H and O–H groups in total. The Morgan fingerprint density at radius 1 is 1.37 bits per heavy atom. The molecule has 0 atom stereocenters. The molecule has 0 bridgehead atoms. The fourth-order valence-corrected chi connectivity index (χ4v) is 2.49. The minimum atomic E-state index is -0.338. The summed E-state index contributed by atoms with van der Waals surface area (Å²) >= 11 is 0. The molecule has 0 radical (unpaired) electrons. The lowest BCUT2D eigenvalue weighted by molar-refractivity contribution is -0.137. The van der Waals surface area contributed by atoms with Crippen molar-refractivity contribution in [2.75, 3.05) is 32.9 Å². The Hall–Kier alpha value is -1.62. The second-order valence-corrected chi connectivity index (χ2v) is 4.51. The first-order valence-corrected chi connectivity index (χ1v) is 6.65. The average Bonchev–Trinajstić information content (AvgIpc) is 2.82. The van der Waals surface area contributed by atoms with Crippen molar-refractivity contribution in [1.82, 2.24) is 4.90 Å². The molecule has 0 spiro atoms. The normalized spacial score (nSPS) is 21.9. The summed E-state index contributed by atoms with van der Waals surface area (Å²) in [7, 11) is 0. The second kappa shape index (κ2) is 6.52. The number of carbonyl (C=O) groups is 2. The summed E-state index contributed by atoms with van der Waals surface area (Å²) in [4.78, 5) is 24.9. The maximum Gasteiger partial charge on any atom is 0.331 e. The van der Waals surface area contributed by atoms with Crippen LogP contribution in [-0.4, -0.2) is 50.1 Å². The van der Waals surface area contributed by atoms with Crippen molar-refractivity contribution in [2.45, 2.75) is 19.8 Å². The molecule has 104 valence electrons. The highest BCUT2D eigenvalue weighted by Gasteiger charge is 2.26. The zero-order chi connectivity index (χ0) is 13.7. The summed E-state index contributed by atoms with van der Waals surface area (Å²) in [5.74, 6) is -0.338. The monoisotopic (exact) mass is 265 g/mol. The van der Waals surface area contributed by atoms with Crippen LogP contribution < -0.4 is 0 Å². The number of carbonyl (C=O) groups excluding carboxylic acids is 2. The van der Waals surface area contributed by atoms with Crippen molar-refractivity contribution in [3.05, 3.63) is 22.9 Å². The van der Waals surface area contributed by atoms with Crippen LogP contribution in [0.4, 0.5) is 0 Å². The molecule has 0 aromatic rings. The number of hydrogen-bond donors (Lipinski definition) is 0. The summed E-state index contributed by atoms with van der Waals surface area (Å²) in [6.07, 6.45) is 3.84. The van der Waals surface area contributed by atoms with Gasteiger partial charge >= 0.3 is 5.97 Å². The summed E-state index contributed by atoms with van der Waals surface area (Å²) in [6.45, 7) is 4.96. The standard InChI is InChI=1S/C14H19NO4/c1-2-19-13(17)9-11-3-4-12(10-16)14(11)15-5-7-18-8-6-15/h9-10H,2-8H2,1H3. The summed E-state index contributed by atoms with van der Waals surface area (Å²) in [5.41, 5.74) is 2.59. The molecule has 0 aromatic carbocycles. The van der Waals surface area contributed by atoms with E-state index in [1.54, 1.807) is 6.92 Å². The van der Waals surface area contributed by atoms with Crippen LogP contribution in [0.3, 0.4) is 0 Å². The van der Waals surface area contributed by atoms with Crippen LogP contribution in [0.25, 0.3) is 0 Å². The molecule has 5 nitrogen and oxygen atoms in total. The van der Waals surface area contributed by atoms with Crippen LogP contribution in [0, 0.1) is 0 Å². The topological polar surface area (TPSA) is 55.8 Å². The number of esters is 1. The van der Waals surface area contributed by atoms with E-state index >= 15 is 0 Å². The number of morpholine rings is 1. The lowest BCUT2D eigenvalue weighted by Gasteiger charge is -2.31. The van der Waals surface area contributed by atoms with Gasteiger partial charge in [-0.2, -0.15) is 0 Å². The van der Waals surface area contributed by atoms with Crippen molar-refractivity contribution in [3.8, 4) is 0 Å². The Morgan fingerprint density at radius 3 is 2.74 bits per heavy atom. The first-order valence-electron chi connectivity index (χ1n) is 6.65. The van der Waals surface area contributed by atoms with E-state index in [-0.39, 0.29) is 5.97 Å². The number of rotatable bonds is 4. The van der Waals surface area contributed by atoms with Crippen LogP contribution in [-0.2, 0) is 19.1 Å². The van der Waals surface area contributed by atoms with Gasteiger partial charge in [-0.05, 0) is 25.3 Å². The van der Waals surface area contributed by atoms with Gasteiger partial charge in [-0.25, -0.2) is 4.79 Å². The van der Waals surface area contributed by atoms with Crippen LogP contribution >= 0.6 is 0 Å². The van der Waals surface area contributed by atoms with Crippen molar-refractivity contribution in [1.29, 1.82) is 0 Å². The minimum Gasteiger partial charge on any atom is -0.463 e. The van der Waals surface area contributed by atoms with Crippen molar-refractivity contribution in [3.63, 3.8) is 0 Å². The van der Waals surface area contributed by atoms with Gasteiger partial charge in [0.1, 0.15) is 6.29 Å². The first kappa shape index (κ1) is 13.8. The molecule has 1 fully saturated rings. The smallest absolute Gasteiger partial charge is 0.331 e. The predicted molar refractivity (Wildman–Crippen MR) is 69.4 cm³/mol. The van der Waals surface area contributed by atoms with Gasteiger partial charge in [0.2, 0.25) is 0 Å². The number of allylic oxidation sites excluding steroid dienone is 2. The predicted octanol–water partition coefficient (Wildman–Crippen LogP) is 1.05. The van der Waals surface area contributed by atoms with Gasteiger partial charge in [0.15, 0.2) is 0 Å². The van der Waals surface area contributed by atoms with Gasteiger partial charge in [-0.15, -0.1) is 0 Å². The van der Waals surface area contributed by atoms with Crippen LogP contribution in [0.2, 0.25) is 0 Å². The largest absolute Gasteiger partial charge is 0.463 e. The Labute approximate surface area is 112 Å². The first-order chi connectivity index (χ1) is 9.26. The molecule has 2 rings (SSSR count). The van der Waals surface area contributed by atoms with Crippen molar-refractivity contribution < 1.29 is 19.1 Å².